The van der Waals surface area contributed by atoms with Crippen LogP contribution in [-0.4, -0.2) is 46.0 Å². The van der Waals surface area contributed by atoms with Crippen molar-refractivity contribution < 1.29 is 9.53 Å². The van der Waals surface area contributed by atoms with Crippen LogP contribution in [0.2, 0.25) is 0 Å². The zero-order valence-electron chi connectivity index (χ0n) is 13.7. The van der Waals surface area contributed by atoms with E-state index in [0.29, 0.717) is 12.0 Å². The molecule has 22 heavy (non-hydrogen) atoms. The standard InChI is InChI=1S/C16H26N4O2/c1-16(2,3)22-15(21)19-10-4-5-12(11-19)13-6-8-17-14-7-9-18-20(13)14/h7,9,12-13,17H,4-6,8,10-11H2,1-3H3. The van der Waals surface area contributed by atoms with Crippen molar-refractivity contribution in [2.24, 2.45) is 5.92 Å². The first-order chi connectivity index (χ1) is 10.4. The van der Waals surface area contributed by atoms with Gasteiger partial charge >= 0.3 is 6.09 Å². The van der Waals surface area contributed by atoms with Gasteiger partial charge in [0, 0.05) is 25.7 Å². The summed E-state index contributed by atoms with van der Waals surface area (Å²) in [4.78, 5) is 14.2. The smallest absolute Gasteiger partial charge is 0.410 e. The van der Waals surface area contributed by atoms with E-state index in [0.717, 1.165) is 44.7 Å². The van der Waals surface area contributed by atoms with Crippen LogP contribution in [-0.2, 0) is 4.74 Å². The third kappa shape index (κ3) is 3.20. The van der Waals surface area contributed by atoms with Gasteiger partial charge in [0.25, 0.3) is 0 Å². The maximum Gasteiger partial charge on any atom is 0.410 e. The minimum absolute atomic E-state index is 0.188. The summed E-state index contributed by atoms with van der Waals surface area (Å²) in [7, 11) is 0. The number of rotatable bonds is 1. The number of carbonyl (C=O) groups is 1. The molecule has 1 amide bonds. The number of fused-ring (bicyclic) bond motifs is 1. The van der Waals surface area contributed by atoms with Gasteiger partial charge in [0.1, 0.15) is 11.4 Å². The predicted molar refractivity (Wildman–Crippen MR) is 84.9 cm³/mol. The molecule has 3 rings (SSSR count). The van der Waals surface area contributed by atoms with Crippen LogP contribution in [0.15, 0.2) is 12.3 Å². The Hall–Kier alpha value is -1.72. The highest BCUT2D eigenvalue weighted by Gasteiger charge is 2.34. The van der Waals surface area contributed by atoms with E-state index < -0.39 is 5.60 Å². The van der Waals surface area contributed by atoms with Crippen molar-refractivity contribution in [3.05, 3.63) is 12.3 Å². The number of nitrogens with zero attached hydrogens (tertiary/aromatic N) is 3. The van der Waals surface area contributed by atoms with Crippen LogP contribution >= 0.6 is 0 Å². The molecule has 2 atom stereocenters. The lowest BCUT2D eigenvalue weighted by Gasteiger charge is -2.39. The van der Waals surface area contributed by atoms with Crippen LogP contribution in [0.25, 0.3) is 0 Å². The summed E-state index contributed by atoms with van der Waals surface area (Å²) in [6.07, 6.45) is 4.89. The maximum absolute atomic E-state index is 12.3. The second-order valence-corrected chi connectivity index (χ2v) is 7.27. The van der Waals surface area contributed by atoms with Crippen molar-refractivity contribution in [2.75, 3.05) is 25.0 Å². The molecule has 0 aliphatic carbocycles. The molecular weight excluding hydrogens is 280 g/mol. The van der Waals surface area contributed by atoms with Crippen LogP contribution < -0.4 is 5.32 Å². The lowest BCUT2D eigenvalue weighted by molar-refractivity contribution is 0.0127. The zero-order valence-corrected chi connectivity index (χ0v) is 13.7. The van der Waals surface area contributed by atoms with Gasteiger partial charge < -0.3 is 15.0 Å². The van der Waals surface area contributed by atoms with Gasteiger partial charge in [-0.1, -0.05) is 0 Å². The van der Waals surface area contributed by atoms with Gasteiger partial charge in [-0.15, -0.1) is 0 Å². The Labute approximate surface area is 131 Å². The molecule has 1 aromatic rings. The number of amides is 1. The van der Waals surface area contributed by atoms with Crippen LogP contribution in [0.1, 0.15) is 46.1 Å². The molecule has 1 N–H and O–H groups in total. The Morgan fingerprint density at radius 3 is 3.00 bits per heavy atom. The molecule has 1 saturated heterocycles. The first-order valence-electron chi connectivity index (χ1n) is 8.19. The molecule has 0 saturated carbocycles. The molecule has 1 fully saturated rings. The third-order valence-corrected chi connectivity index (χ3v) is 4.38. The fraction of sp³-hybridized carbons (Fsp3) is 0.750. The fourth-order valence-electron chi connectivity index (χ4n) is 3.44. The van der Waals surface area contributed by atoms with Gasteiger partial charge in [0.2, 0.25) is 0 Å². The number of ether oxygens (including phenoxy) is 1. The molecule has 0 bridgehead atoms. The van der Waals surface area contributed by atoms with Gasteiger partial charge in [-0.2, -0.15) is 5.10 Å². The van der Waals surface area contributed by atoms with Crippen molar-refractivity contribution in [2.45, 2.75) is 51.7 Å². The molecule has 2 aliphatic rings. The largest absolute Gasteiger partial charge is 0.444 e. The number of hydrogen-bond acceptors (Lipinski definition) is 4. The van der Waals surface area contributed by atoms with Crippen molar-refractivity contribution in [3.63, 3.8) is 0 Å². The molecule has 1 aromatic heterocycles. The highest BCUT2D eigenvalue weighted by molar-refractivity contribution is 5.68. The quantitative estimate of drug-likeness (QED) is 0.866. The van der Waals surface area contributed by atoms with Crippen molar-refractivity contribution >= 4 is 11.9 Å². The Morgan fingerprint density at radius 2 is 2.23 bits per heavy atom. The maximum atomic E-state index is 12.3. The average molecular weight is 306 g/mol. The van der Waals surface area contributed by atoms with E-state index in [9.17, 15) is 4.79 Å². The Kier molecular flexibility index (Phi) is 4.02. The van der Waals surface area contributed by atoms with E-state index in [-0.39, 0.29) is 6.09 Å². The van der Waals surface area contributed by atoms with Crippen LogP contribution in [0.3, 0.4) is 0 Å². The highest BCUT2D eigenvalue weighted by atomic mass is 16.6. The number of hydrogen-bond donors (Lipinski definition) is 1. The monoisotopic (exact) mass is 306 g/mol. The first kappa shape index (κ1) is 15.2. The molecule has 0 radical (unpaired) electrons. The van der Waals surface area contributed by atoms with E-state index in [2.05, 4.69) is 15.1 Å². The molecule has 2 aliphatic heterocycles. The minimum Gasteiger partial charge on any atom is -0.444 e. The molecule has 0 spiro atoms. The molecular formula is C16H26N4O2. The number of piperidine rings is 1. The summed E-state index contributed by atoms with van der Waals surface area (Å²) in [6.45, 7) is 8.26. The molecule has 6 heteroatoms. The Bertz CT molecular complexity index is 534. The number of likely N-dealkylation sites (tertiary alicyclic amines) is 1. The molecule has 6 nitrogen and oxygen atoms in total. The summed E-state index contributed by atoms with van der Waals surface area (Å²) in [6, 6.07) is 2.39. The van der Waals surface area contributed by atoms with Crippen molar-refractivity contribution in [1.29, 1.82) is 0 Å². The zero-order chi connectivity index (χ0) is 15.7. The molecule has 0 aromatic carbocycles. The highest BCUT2D eigenvalue weighted by Crippen LogP contribution is 2.34. The number of carbonyl (C=O) groups excluding carboxylic acids is 1. The average Bonchev–Trinajstić information content (AvgIpc) is 2.94. The predicted octanol–water partition coefficient (Wildman–Crippen LogP) is 2.89. The number of aromatic nitrogens is 2. The van der Waals surface area contributed by atoms with E-state index in [1.807, 2.05) is 37.9 Å². The topological polar surface area (TPSA) is 59.4 Å². The lowest BCUT2D eigenvalue weighted by atomic mass is 9.88. The van der Waals surface area contributed by atoms with E-state index in [1.54, 1.807) is 0 Å². The second kappa shape index (κ2) is 5.82. The minimum atomic E-state index is -0.437. The fourth-order valence-corrected chi connectivity index (χ4v) is 3.44. The van der Waals surface area contributed by atoms with Gasteiger partial charge in [-0.3, -0.25) is 0 Å². The first-order valence-corrected chi connectivity index (χ1v) is 8.19. The summed E-state index contributed by atoms with van der Waals surface area (Å²) in [5, 5.41) is 7.83. The van der Waals surface area contributed by atoms with Gasteiger partial charge in [-0.25, -0.2) is 9.48 Å². The van der Waals surface area contributed by atoms with Crippen LogP contribution in [0, 0.1) is 5.92 Å². The summed E-state index contributed by atoms with van der Waals surface area (Å²) < 4.78 is 7.61. The van der Waals surface area contributed by atoms with Gasteiger partial charge in [0.15, 0.2) is 0 Å². The molecule has 3 heterocycles. The summed E-state index contributed by atoms with van der Waals surface area (Å²) >= 11 is 0. The van der Waals surface area contributed by atoms with E-state index >= 15 is 0 Å². The third-order valence-electron chi connectivity index (χ3n) is 4.38. The summed E-state index contributed by atoms with van der Waals surface area (Å²) in [5.74, 6) is 1.53. The van der Waals surface area contributed by atoms with Crippen LogP contribution in [0.4, 0.5) is 10.6 Å². The van der Waals surface area contributed by atoms with Crippen LogP contribution in [0.5, 0.6) is 0 Å². The van der Waals surface area contributed by atoms with Gasteiger partial charge in [-0.05, 0) is 46.0 Å². The van der Waals surface area contributed by atoms with E-state index in [4.69, 9.17) is 4.74 Å². The SMILES string of the molecule is CC(C)(C)OC(=O)N1CCCC(C2CCNc3ccnn32)C1. The molecule has 122 valence electrons. The molecule has 2 unspecified atom stereocenters. The van der Waals surface area contributed by atoms with Crippen molar-refractivity contribution in [1.82, 2.24) is 14.7 Å². The van der Waals surface area contributed by atoms with Gasteiger partial charge in [0.05, 0.1) is 12.2 Å². The Balaban J connectivity index is 1.68. The lowest BCUT2D eigenvalue weighted by Crippen LogP contribution is -2.45. The number of nitrogens with one attached hydrogen (secondary N) is 1. The summed E-state index contributed by atoms with van der Waals surface area (Å²) in [5.41, 5.74) is -0.437. The van der Waals surface area contributed by atoms with Crippen molar-refractivity contribution in [3.8, 4) is 0 Å². The Morgan fingerprint density at radius 1 is 1.41 bits per heavy atom. The van der Waals surface area contributed by atoms with E-state index in [1.165, 1.54) is 0 Å². The second-order valence-electron chi connectivity index (χ2n) is 7.27. The normalized spacial score (nSPS) is 25.3. The number of anilines is 1.